The number of rotatable bonds is 14. The standard InChI is InChI=1S/C9H18O5Si.C6H17NO3Si/c1-5-9(10)14-7-6-8-15(11-2,12-3)13-4;1-8-11(9-2,10-3)6-4-5-7/h5H,1,6-8H2,2-4H3;4-7H2,1-3H3. The van der Waals surface area contributed by atoms with Crippen molar-refractivity contribution in [2.45, 2.75) is 24.9 Å². The molecule has 0 amide bonds. The molecule has 0 saturated carbocycles. The zero-order valence-electron chi connectivity index (χ0n) is 16.9. The molecule has 0 aromatic rings. The lowest BCUT2D eigenvalue weighted by Crippen LogP contribution is -2.42. The van der Waals surface area contributed by atoms with Gasteiger partial charge in [0, 0.05) is 60.8 Å². The van der Waals surface area contributed by atoms with Crippen molar-refractivity contribution in [3.05, 3.63) is 12.7 Å². The molecule has 0 rings (SSSR count). The fourth-order valence-corrected chi connectivity index (χ4v) is 5.39. The van der Waals surface area contributed by atoms with Gasteiger partial charge >= 0.3 is 23.6 Å². The summed E-state index contributed by atoms with van der Waals surface area (Å²) in [6.45, 7) is 4.26. The van der Waals surface area contributed by atoms with E-state index in [2.05, 4.69) is 6.58 Å². The number of carbonyl (C=O) groups excluding carboxylic acids is 1. The van der Waals surface area contributed by atoms with Gasteiger partial charge < -0.3 is 37.0 Å². The van der Waals surface area contributed by atoms with Crippen LogP contribution in [0.25, 0.3) is 0 Å². The summed E-state index contributed by atoms with van der Waals surface area (Å²) >= 11 is 0. The molecule has 156 valence electrons. The summed E-state index contributed by atoms with van der Waals surface area (Å²) in [7, 11) is 4.64. The summed E-state index contributed by atoms with van der Waals surface area (Å²) in [6.07, 6.45) is 2.65. The molecule has 0 aliphatic rings. The van der Waals surface area contributed by atoms with Crippen LogP contribution in [0.1, 0.15) is 12.8 Å². The van der Waals surface area contributed by atoms with Crippen molar-refractivity contribution >= 4 is 23.6 Å². The van der Waals surface area contributed by atoms with Gasteiger partial charge in [-0.2, -0.15) is 0 Å². The summed E-state index contributed by atoms with van der Waals surface area (Å²) in [5, 5.41) is 0. The van der Waals surface area contributed by atoms with E-state index < -0.39 is 23.6 Å². The Kier molecular flexibility index (Phi) is 17.5. The highest BCUT2D eigenvalue weighted by Gasteiger charge is 2.37. The third-order valence-electron chi connectivity index (χ3n) is 3.59. The average molecular weight is 414 g/mol. The van der Waals surface area contributed by atoms with Crippen molar-refractivity contribution in [3.63, 3.8) is 0 Å². The second kappa shape index (κ2) is 16.5. The number of hydrogen-bond acceptors (Lipinski definition) is 9. The van der Waals surface area contributed by atoms with Crippen LogP contribution in [0.2, 0.25) is 12.1 Å². The molecule has 26 heavy (non-hydrogen) atoms. The first kappa shape index (κ1) is 27.6. The highest BCUT2D eigenvalue weighted by molar-refractivity contribution is 6.60. The molecule has 0 atom stereocenters. The molecule has 0 aliphatic heterocycles. The molecular weight excluding hydrogens is 378 g/mol. The van der Waals surface area contributed by atoms with Gasteiger partial charge in [-0.05, 0) is 19.4 Å². The first-order valence-electron chi connectivity index (χ1n) is 8.18. The lowest BCUT2D eigenvalue weighted by atomic mass is 10.5. The van der Waals surface area contributed by atoms with Gasteiger partial charge in [-0.25, -0.2) is 4.79 Å². The second-order valence-corrected chi connectivity index (χ2v) is 11.1. The molecule has 11 heteroatoms. The number of esters is 1. The SMILES string of the molecule is C=CC(=O)OCCC[Si](OC)(OC)OC.CO[Si](CCCN)(OC)OC. The Morgan fingerprint density at radius 1 is 0.846 bits per heavy atom. The van der Waals surface area contributed by atoms with Gasteiger partial charge in [-0.1, -0.05) is 6.58 Å². The maximum absolute atomic E-state index is 10.7. The van der Waals surface area contributed by atoms with Crippen LogP contribution >= 0.6 is 0 Å². The van der Waals surface area contributed by atoms with Crippen LogP contribution in [0.15, 0.2) is 12.7 Å². The van der Waals surface area contributed by atoms with Crippen LogP contribution in [0.3, 0.4) is 0 Å². The number of carbonyl (C=O) groups is 1. The summed E-state index contributed by atoms with van der Waals surface area (Å²) in [6, 6.07) is 1.40. The number of nitrogens with two attached hydrogens (primary N) is 1. The molecular formula is C15H35NO8Si2. The minimum Gasteiger partial charge on any atom is -0.463 e. The van der Waals surface area contributed by atoms with Gasteiger partial charge in [-0.15, -0.1) is 0 Å². The largest absolute Gasteiger partial charge is 0.500 e. The Morgan fingerprint density at radius 3 is 1.54 bits per heavy atom. The Labute approximate surface area is 159 Å². The fraction of sp³-hybridized carbons (Fsp3) is 0.800. The third kappa shape index (κ3) is 11.2. The topological polar surface area (TPSA) is 108 Å². The number of hydrogen-bond donors (Lipinski definition) is 1. The van der Waals surface area contributed by atoms with Gasteiger partial charge in [0.25, 0.3) is 0 Å². The van der Waals surface area contributed by atoms with E-state index in [0.717, 1.165) is 18.5 Å². The first-order chi connectivity index (χ1) is 12.4. The smallest absolute Gasteiger partial charge is 0.463 e. The van der Waals surface area contributed by atoms with Crippen LogP contribution in [-0.2, 0) is 36.1 Å². The molecule has 0 radical (unpaired) electrons. The molecule has 0 fully saturated rings. The Morgan fingerprint density at radius 2 is 1.23 bits per heavy atom. The molecule has 0 saturated heterocycles. The molecule has 0 aromatic heterocycles. The van der Waals surface area contributed by atoms with Crippen molar-refractivity contribution in [3.8, 4) is 0 Å². The predicted molar refractivity (Wildman–Crippen MR) is 103 cm³/mol. The van der Waals surface area contributed by atoms with E-state index in [4.69, 9.17) is 37.0 Å². The monoisotopic (exact) mass is 413 g/mol. The van der Waals surface area contributed by atoms with Crippen molar-refractivity contribution in [2.75, 3.05) is 55.8 Å². The minimum atomic E-state index is -2.52. The Bertz CT molecular complexity index is 349. The number of ether oxygens (including phenoxy) is 1. The summed E-state index contributed by atoms with van der Waals surface area (Å²) in [5.74, 6) is -0.422. The Balaban J connectivity index is 0. The zero-order chi connectivity index (χ0) is 20.5. The normalized spacial score (nSPS) is 11.5. The fourth-order valence-electron chi connectivity index (χ4n) is 1.95. The Hall–Kier alpha value is -0.636. The van der Waals surface area contributed by atoms with E-state index in [0.29, 0.717) is 25.6 Å². The highest BCUT2D eigenvalue weighted by Crippen LogP contribution is 2.15. The molecule has 9 nitrogen and oxygen atoms in total. The van der Waals surface area contributed by atoms with Gasteiger partial charge in [-0.3, -0.25) is 0 Å². The lowest BCUT2D eigenvalue weighted by Gasteiger charge is -2.23. The molecule has 0 aromatic carbocycles. The van der Waals surface area contributed by atoms with Crippen LogP contribution in [-0.4, -0.2) is 79.4 Å². The molecule has 0 unspecified atom stereocenters. The molecule has 0 aliphatic carbocycles. The van der Waals surface area contributed by atoms with Crippen LogP contribution in [0.4, 0.5) is 0 Å². The van der Waals surface area contributed by atoms with Crippen LogP contribution in [0, 0.1) is 0 Å². The minimum absolute atomic E-state index is 0.315. The van der Waals surface area contributed by atoms with E-state index in [-0.39, 0.29) is 0 Å². The third-order valence-corrected chi connectivity index (χ3v) is 9.26. The molecule has 0 spiro atoms. The van der Waals surface area contributed by atoms with E-state index in [1.54, 1.807) is 42.7 Å². The first-order valence-corrected chi connectivity index (χ1v) is 12.0. The predicted octanol–water partition coefficient (Wildman–Crippen LogP) is 1.20. The van der Waals surface area contributed by atoms with Crippen molar-refractivity contribution in [1.29, 1.82) is 0 Å². The van der Waals surface area contributed by atoms with Gasteiger partial charge in [0.1, 0.15) is 0 Å². The van der Waals surface area contributed by atoms with Crippen LogP contribution < -0.4 is 5.73 Å². The van der Waals surface area contributed by atoms with E-state index >= 15 is 0 Å². The zero-order valence-corrected chi connectivity index (χ0v) is 18.9. The van der Waals surface area contributed by atoms with Gasteiger partial charge in [0.2, 0.25) is 0 Å². The second-order valence-electron chi connectivity index (χ2n) is 4.96. The van der Waals surface area contributed by atoms with E-state index in [1.165, 1.54) is 0 Å². The maximum Gasteiger partial charge on any atom is 0.500 e. The summed E-state index contributed by atoms with van der Waals surface area (Å²) in [5.41, 5.74) is 5.36. The quantitative estimate of drug-likeness (QED) is 0.194. The summed E-state index contributed by atoms with van der Waals surface area (Å²) in [4.78, 5) is 10.7. The molecule has 2 N–H and O–H groups in total. The van der Waals surface area contributed by atoms with Crippen molar-refractivity contribution in [2.24, 2.45) is 5.73 Å². The van der Waals surface area contributed by atoms with Crippen LogP contribution in [0.5, 0.6) is 0 Å². The van der Waals surface area contributed by atoms with E-state index in [1.807, 2.05) is 0 Å². The maximum atomic E-state index is 10.7. The van der Waals surface area contributed by atoms with Gasteiger partial charge in [0.15, 0.2) is 0 Å². The molecule has 0 bridgehead atoms. The van der Waals surface area contributed by atoms with E-state index in [9.17, 15) is 4.79 Å². The van der Waals surface area contributed by atoms with Crippen molar-refractivity contribution in [1.82, 2.24) is 0 Å². The lowest BCUT2D eigenvalue weighted by molar-refractivity contribution is -0.137. The van der Waals surface area contributed by atoms with Crippen molar-refractivity contribution < 1.29 is 36.1 Å². The average Bonchev–Trinajstić information content (AvgIpc) is 2.70. The summed E-state index contributed by atoms with van der Waals surface area (Å²) < 4.78 is 36.0. The molecule has 0 heterocycles. The van der Waals surface area contributed by atoms with Gasteiger partial charge in [0.05, 0.1) is 6.61 Å². The highest BCUT2D eigenvalue weighted by atomic mass is 28.4.